The number of rotatable bonds is 2. The summed E-state index contributed by atoms with van der Waals surface area (Å²) in [6, 6.07) is 8.77. The lowest BCUT2D eigenvalue weighted by Gasteiger charge is -2.12. The van der Waals surface area contributed by atoms with Gasteiger partial charge in [0, 0.05) is 5.41 Å². The molecule has 90 valence electrons. The van der Waals surface area contributed by atoms with Crippen LogP contribution in [0, 0.1) is 0 Å². The monoisotopic (exact) mass is 269 g/mol. The second kappa shape index (κ2) is 4.85. The van der Waals surface area contributed by atoms with Gasteiger partial charge in [-0.25, -0.2) is 8.42 Å². The molecule has 1 aromatic rings. The van der Waals surface area contributed by atoms with E-state index < -0.39 is 9.84 Å². The fraction of sp³-hybridized carbons (Fsp3) is 0.182. The van der Waals surface area contributed by atoms with Crippen LogP contribution in [0.25, 0.3) is 0 Å². The van der Waals surface area contributed by atoms with E-state index in [-0.39, 0.29) is 17.0 Å². The van der Waals surface area contributed by atoms with E-state index in [0.717, 1.165) is 0 Å². The molecule has 0 saturated heterocycles. The maximum Gasteiger partial charge on any atom is 0.262 e. The van der Waals surface area contributed by atoms with Gasteiger partial charge in [0.25, 0.3) is 5.17 Å². The molecule has 17 heavy (non-hydrogen) atoms. The zero-order chi connectivity index (χ0) is 12.3. The average molecular weight is 269 g/mol. The smallest absolute Gasteiger partial charge is 0.262 e. The highest BCUT2D eigenvalue weighted by Crippen LogP contribution is 2.11. The number of sulfone groups is 1. The van der Waals surface area contributed by atoms with Crippen molar-refractivity contribution in [1.29, 1.82) is 0 Å². The van der Waals surface area contributed by atoms with Crippen molar-refractivity contribution >= 4 is 27.2 Å². The van der Waals surface area contributed by atoms with Crippen molar-refractivity contribution in [1.82, 2.24) is 5.32 Å². The summed E-state index contributed by atoms with van der Waals surface area (Å²) in [5, 5.41) is 4.19. The SMILES string of the molecule is O=S1(=O)C=CC(NC(=S)Oc2ccccc2)C1. The third-order valence-electron chi connectivity index (χ3n) is 2.19. The van der Waals surface area contributed by atoms with Crippen molar-refractivity contribution in [3.63, 3.8) is 0 Å². The summed E-state index contributed by atoms with van der Waals surface area (Å²) in [6.07, 6.45) is 1.57. The Labute approximate surface area is 105 Å². The lowest BCUT2D eigenvalue weighted by atomic mass is 10.3. The highest BCUT2D eigenvalue weighted by molar-refractivity contribution is 7.94. The minimum Gasteiger partial charge on any atom is -0.432 e. The summed E-state index contributed by atoms with van der Waals surface area (Å²) in [5.41, 5.74) is 0. The second-order valence-corrected chi connectivity index (χ2v) is 5.91. The number of benzene rings is 1. The predicted octanol–water partition coefficient (Wildman–Crippen LogP) is 1.25. The molecular formula is C11H11NO3S2. The van der Waals surface area contributed by atoms with Gasteiger partial charge in [-0.2, -0.15) is 0 Å². The largest absolute Gasteiger partial charge is 0.432 e. The Morgan fingerprint density at radius 1 is 1.35 bits per heavy atom. The van der Waals surface area contributed by atoms with Crippen LogP contribution in [0.4, 0.5) is 0 Å². The van der Waals surface area contributed by atoms with Gasteiger partial charge in [0.2, 0.25) is 0 Å². The zero-order valence-electron chi connectivity index (χ0n) is 8.87. The molecule has 1 aliphatic heterocycles. The molecule has 0 radical (unpaired) electrons. The van der Waals surface area contributed by atoms with Crippen LogP contribution in [0.15, 0.2) is 41.8 Å². The first-order chi connectivity index (χ1) is 8.05. The summed E-state index contributed by atoms with van der Waals surface area (Å²) in [5.74, 6) is 0.639. The van der Waals surface area contributed by atoms with Gasteiger partial charge in [-0.3, -0.25) is 0 Å². The van der Waals surface area contributed by atoms with E-state index in [1.807, 2.05) is 18.2 Å². The molecule has 0 aliphatic carbocycles. The molecule has 0 aromatic heterocycles. The van der Waals surface area contributed by atoms with Crippen LogP contribution in [-0.2, 0) is 9.84 Å². The number of ether oxygens (including phenoxy) is 1. The third kappa shape index (κ3) is 3.54. The van der Waals surface area contributed by atoms with Crippen LogP contribution in [0.3, 0.4) is 0 Å². The summed E-state index contributed by atoms with van der Waals surface area (Å²) in [6.45, 7) is 0. The van der Waals surface area contributed by atoms with E-state index in [1.165, 1.54) is 5.41 Å². The zero-order valence-corrected chi connectivity index (χ0v) is 10.5. The van der Waals surface area contributed by atoms with E-state index in [4.69, 9.17) is 17.0 Å². The Bertz CT molecular complexity index is 537. The van der Waals surface area contributed by atoms with Gasteiger partial charge in [-0.15, -0.1) is 0 Å². The molecule has 2 rings (SSSR count). The van der Waals surface area contributed by atoms with Gasteiger partial charge in [0.1, 0.15) is 5.75 Å². The molecule has 1 atom stereocenters. The first-order valence-corrected chi connectivity index (χ1v) is 7.12. The van der Waals surface area contributed by atoms with Crippen LogP contribution in [0.2, 0.25) is 0 Å². The molecule has 1 heterocycles. The van der Waals surface area contributed by atoms with Crippen LogP contribution < -0.4 is 10.1 Å². The number of hydrogen-bond acceptors (Lipinski definition) is 4. The fourth-order valence-electron chi connectivity index (χ4n) is 1.44. The maximum atomic E-state index is 11.2. The van der Waals surface area contributed by atoms with E-state index in [9.17, 15) is 8.42 Å². The standard InChI is InChI=1S/C11H11NO3S2/c13-17(14)7-6-9(8-17)12-11(16)15-10-4-2-1-3-5-10/h1-7,9H,8H2,(H,12,16). The number of para-hydroxylation sites is 1. The molecule has 0 fully saturated rings. The summed E-state index contributed by atoms with van der Waals surface area (Å²) < 4.78 is 27.7. The molecule has 1 aliphatic rings. The minimum atomic E-state index is -3.07. The topological polar surface area (TPSA) is 55.4 Å². The summed E-state index contributed by atoms with van der Waals surface area (Å²) >= 11 is 4.99. The fourth-order valence-corrected chi connectivity index (χ4v) is 2.92. The van der Waals surface area contributed by atoms with Gasteiger partial charge >= 0.3 is 0 Å². The molecule has 0 saturated carbocycles. The van der Waals surface area contributed by atoms with E-state index >= 15 is 0 Å². The molecular weight excluding hydrogens is 258 g/mol. The van der Waals surface area contributed by atoms with Crippen molar-refractivity contribution in [2.24, 2.45) is 0 Å². The van der Waals surface area contributed by atoms with Crippen LogP contribution in [0.5, 0.6) is 5.75 Å². The Kier molecular flexibility index (Phi) is 3.44. The number of nitrogens with one attached hydrogen (secondary N) is 1. The lowest BCUT2D eigenvalue weighted by Crippen LogP contribution is -2.37. The number of hydrogen-bond donors (Lipinski definition) is 1. The quantitative estimate of drug-likeness (QED) is 0.819. The third-order valence-corrected chi connectivity index (χ3v) is 3.78. The van der Waals surface area contributed by atoms with Crippen LogP contribution in [0.1, 0.15) is 0 Å². The Hall–Kier alpha value is -1.40. The van der Waals surface area contributed by atoms with Crippen molar-refractivity contribution < 1.29 is 13.2 Å². The van der Waals surface area contributed by atoms with E-state index in [1.54, 1.807) is 18.2 Å². The Morgan fingerprint density at radius 3 is 2.65 bits per heavy atom. The van der Waals surface area contributed by atoms with Gasteiger partial charge < -0.3 is 10.1 Å². The Balaban J connectivity index is 1.89. The molecule has 1 aromatic carbocycles. The average Bonchev–Trinajstić information content (AvgIpc) is 2.59. The minimum absolute atomic E-state index is 0.0191. The summed E-state index contributed by atoms with van der Waals surface area (Å²) in [4.78, 5) is 0. The molecule has 1 unspecified atom stereocenters. The second-order valence-electron chi connectivity index (χ2n) is 3.61. The summed E-state index contributed by atoms with van der Waals surface area (Å²) in [7, 11) is -3.07. The van der Waals surface area contributed by atoms with Gasteiger partial charge in [-0.05, 0) is 30.4 Å². The van der Waals surface area contributed by atoms with Crippen molar-refractivity contribution in [2.75, 3.05) is 5.75 Å². The van der Waals surface area contributed by atoms with Gasteiger partial charge in [0.15, 0.2) is 9.84 Å². The van der Waals surface area contributed by atoms with Crippen LogP contribution >= 0.6 is 12.2 Å². The van der Waals surface area contributed by atoms with E-state index in [0.29, 0.717) is 5.75 Å². The predicted molar refractivity (Wildman–Crippen MR) is 69.5 cm³/mol. The first kappa shape index (κ1) is 12.1. The van der Waals surface area contributed by atoms with Crippen molar-refractivity contribution in [3.05, 3.63) is 41.8 Å². The molecule has 6 heteroatoms. The van der Waals surface area contributed by atoms with Crippen molar-refractivity contribution in [3.8, 4) is 5.75 Å². The molecule has 0 spiro atoms. The first-order valence-electron chi connectivity index (χ1n) is 4.99. The highest BCUT2D eigenvalue weighted by atomic mass is 32.2. The molecule has 1 N–H and O–H groups in total. The Morgan fingerprint density at radius 2 is 2.06 bits per heavy atom. The maximum absolute atomic E-state index is 11.2. The molecule has 4 nitrogen and oxygen atoms in total. The van der Waals surface area contributed by atoms with Crippen LogP contribution in [-0.4, -0.2) is 25.4 Å². The lowest BCUT2D eigenvalue weighted by molar-refractivity contribution is 0.524. The van der Waals surface area contributed by atoms with Gasteiger partial charge in [-0.1, -0.05) is 18.2 Å². The molecule has 0 amide bonds. The number of thiocarbonyl (C=S) groups is 1. The van der Waals surface area contributed by atoms with Crippen molar-refractivity contribution in [2.45, 2.75) is 6.04 Å². The van der Waals surface area contributed by atoms with E-state index in [2.05, 4.69) is 5.32 Å². The molecule has 0 bridgehead atoms. The normalized spacial score (nSPS) is 21.1. The highest BCUT2D eigenvalue weighted by Gasteiger charge is 2.22. The van der Waals surface area contributed by atoms with Gasteiger partial charge in [0.05, 0.1) is 11.8 Å².